The summed E-state index contributed by atoms with van der Waals surface area (Å²) in [6, 6.07) is 1.67. The number of carbonyl (C=O) groups is 1. The number of rotatable bonds is 5. The quantitative estimate of drug-likeness (QED) is 0.822. The molecule has 0 aromatic carbocycles. The van der Waals surface area contributed by atoms with Gasteiger partial charge >= 0.3 is 0 Å². The van der Waals surface area contributed by atoms with E-state index in [-0.39, 0.29) is 23.5 Å². The molecule has 20 heavy (non-hydrogen) atoms. The van der Waals surface area contributed by atoms with Gasteiger partial charge in [0.1, 0.15) is 0 Å². The smallest absolute Gasteiger partial charge is 0.264 e. The molecule has 2 rings (SSSR count). The Hall–Kier alpha value is -0.920. The van der Waals surface area contributed by atoms with Crippen LogP contribution in [0, 0.1) is 6.92 Å². The number of ether oxygens (including phenoxy) is 1. The number of hydrogen-bond donors (Lipinski definition) is 0. The van der Waals surface area contributed by atoms with Gasteiger partial charge in [-0.15, -0.1) is 11.3 Å². The molecule has 112 valence electrons. The molecule has 1 unspecified atom stereocenters. The molecule has 0 spiro atoms. The first kappa shape index (κ1) is 15.5. The fourth-order valence-corrected chi connectivity index (χ4v) is 4.99. The highest BCUT2D eigenvalue weighted by Gasteiger charge is 2.35. The maximum atomic E-state index is 12.6. The van der Waals surface area contributed by atoms with E-state index in [1.165, 1.54) is 11.3 Å². The number of amides is 1. The molecule has 0 radical (unpaired) electrons. The largest absolute Gasteiger partial charge is 0.383 e. The summed E-state index contributed by atoms with van der Waals surface area (Å²) in [6.45, 7) is 2.73. The highest BCUT2D eigenvalue weighted by Crippen LogP contribution is 2.23. The van der Waals surface area contributed by atoms with Gasteiger partial charge in [0, 0.05) is 19.7 Å². The summed E-state index contributed by atoms with van der Waals surface area (Å²) in [7, 11) is -1.44. The average molecular weight is 317 g/mol. The van der Waals surface area contributed by atoms with Crippen molar-refractivity contribution in [3.05, 3.63) is 21.9 Å². The van der Waals surface area contributed by atoms with Gasteiger partial charge in [0.05, 0.1) is 23.0 Å². The summed E-state index contributed by atoms with van der Waals surface area (Å²) >= 11 is 1.40. The summed E-state index contributed by atoms with van der Waals surface area (Å²) in [5, 5.41) is 1.88. The van der Waals surface area contributed by atoms with Crippen LogP contribution < -0.4 is 0 Å². The Morgan fingerprint density at radius 2 is 2.30 bits per heavy atom. The maximum absolute atomic E-state index is 12.6. The van der Waals surface area contributed by atoms with Crippen molar-refractivity contribution in [2.75, 3.05) is 31.8 Å². The van der Waals surface area contributed by atoms with E-state index in [0.29, 0.717) is 24.4 Å². The Kier molecular flexibility index (Phi) is 4.82. The normalized spacial score (nSPS) is 21.0. The molecule has 1 atom stereocenters. The van der Waals surface area contributed by atoms with Crippen LogP contribution in [-0.4, -0.2) is 57.0 Å². The van der Waals surface area contributed by atoms with Crippen LogP contribution in [0.3, 0.4) is 0 Å². The molecular weight excluding hydrogens is 298 g/mol. The van der Waals surface area contributed by atoms with Crippen LogP contribution in [0.1, 0.15) is 21.7 Å². The van der Waals surface area contributed by atoms with Crippen LogP contribution in [0.2, 0.25) is 0 Å². The van der Waals surface area contributed by atoms with E-state index < -0.39 is 9.84 Å². The second kappa shape index (κ2) is 6.24. The predicted octanol–water partition coefficient (Wildman–Crippen LogP) is 1.33. The van der Waals surface area contributed by atoms with Crippen LogP contribution in [-0.2, 0) is 14.6 Å². The standard InChI is InChI=1S/C13H19NO4S2/c1-10-3-7-19-12(10)13(15)14(5-6-18-2)11-4-8-20(16,17)9-11/h3,7,11H,4-6,8-9H2,1-2H3. The monoisotopic (exact) mass is 317 g/mol. The van der Waals surface area contributed by atoms with Crippen molar-refractivity contribution in [3.8, 4) is 0 Å². The zero-order valence-corrected chi connectivity index (χ0v) is 13.3. The Morgan fingerprint density at radius 3 is 2.80 bits per heavy atom. The third kappa shape index (κ3) is 3.39. The zero-order valence-electron chi connectivity index (χ0n) is 11.7. The van der Waals surface area contributed by atoms with Gasteiger partial charge in [0.2, 0.25) is 0 Å². The molecule has 0 aliphatic carbocycles. The van der Waals surface area contributed by atoms with Crippen molar-refractivity contribution in [3.63, 3.8) is 0 Å². The summed E-state index contributed by atoms with van der Waals surface area (Å²) in [4.78, 5) is 15.0. The van der Waals surface area contributed by atoms with Gasteiger partial charge < -0.3 is 9.64 Å². The summed E-state index contributed by atoms with van der Waals surface area (Å²) in [5.74, 6) is 0.140. The molecule has 7 heteroatoms. The Balaban J connectivity index is 2.20. The Morgan fingerprint density at radius 1 is 1.55 bits per heavy atom. The van der Waals surface area contributed by atoms with Crippen molar-refractivity contribution in [2.24, 2.45) is 0 Å². The van der Waals surface area contributed by atoms with Crippen molar-refractivity contribution >= 4 is 27.1 Å². The number of nitrogens with zero attached hydrogens (tertiary/aromatic N) is 1. The van der Waals surface area contributed by atoms with E-state index in [2.05, 4.69) is 0 Å². The van der Waals surface area contributed by atoms with E-state index in [9.17, 15) is 13.2 Å². The summed E-state index contributed by atoms with van der Waals surface area (Å²) in [5.41, 5.74) is 0.934. The van der Waals surface area contributed by atoms with Gasteiger partial charge in [-0.1, -0.05) is 0 Å². The van der Waals surface area contributed by atoms with Crippen molar-refractivity contribution < 1.29 is 17.9 Å². The number of aryl methyl sites for hydroxylation is 1. The highest BCUT2D eigenvalue weighted by molar-refractivity contribution is 7.91. The Bertz CT molecular complexity index is 579. The lowest BCUT2D eigenvalue weighted by atomic mass is 10.2. The first-order valence-electron chi connectivity index (χ1n) is 6.49. The number of methoxy groups -OCH3 is 1. The molecule has 1 aliphatic rings. The SMILES string of the molecule is COCCN(C(=O)c1sccc1C)C1CCS(=O)(=O)C1. The van der Waals surface area contributed by atoms with Gasteiger partial charge in [0.25, 0.3) is 5.91 Å². The molecule has 0 saturated carbocycles. The highest BCUT2D eigenvalue weighted by atomic mass is 32.2. The third-order valence-electron chi connectivity index (χ3n) is 3.50. The van der Waals surface area contributed by atoms with Gasteiger partial charge in [-0.25, -0.2) is 8.42 Å². The fourth-order valence-electron chi connectivity index (χ4n) is 2.38. The Labute approximate surface area is 123 Å². The van der Waals surface area contributed by atoms with E-state index in [4.69, 9.17) is 4.74 Å². The van der Waals surface area contributed by atoms with Crippen LogP contribution >= 0.6 is 11.3 Å². The van der Waals surface area contributed by atoms with Crippen LogP contribution in [0.4, 0.5) is 0 Å². The topological polar surface area (TPSA) is 63.7 Å². The zero-order chi connectivity index (χ0) is 14.8. The van der Waals surface area contributed by atoms with Crippen molar-refractivity contribution in [2.45, 2.75) is 19.4 Å². The lowest BCUT2D eigenvalue weighted by molar-refractivity contribution is 0.0628. The van der Waals surface area contributed by atoms with Gasteiger partial charge in [-0.05, 0) is 30.4 Å². The molecule has 1 aromatic heterocycles. The first-order chi connectivity index (χ1) is 9.44. The molecule has 1 fully saturated rings. The van der Waals surface area contributed by atoms with E-state index >= 15 is 0 Å². The number of hydrogen-bond acceptors (Lipinski definition) is 5. The molecule has 2 heterocycles. The summed E-state index contributed by atoms with van der Waals surface area (Å²) < 4.78 is 28.3. The minimum atomic E-state index is -3.01. The van der Waals surface area contributed by atoms with Gasteiger partial charge in [-0.2, -0.15) is 0 Å². The third-order valence-corrected chi connectivity index (χ3v) is 6.26. The first-order valence-corrected chi connectivity index (χ1v) is 9.19. The van der Waals surface area contributed by atoms with Crippen molar-refractivity contribution in [1.29, 1.82) is 0 Å². The van der Waals surface area contributed by atoms with E-state index in [1.807, 2.05) is 18.4 Å². The fraction of sp³-hybridized carbons (Fsp3) is 0.615. The molecule has 0 N–H and O–H groups in total. The van der Waals surface area contributed by atoms with Crippen molar-refractivity contribution in [1.82, 2.24) is 4.90 Å². The van der Waals surface area contributed by atoms with E-state index in [1.54, 1.807) is 12.0 Å². The van der Waals surface area contributed by atoms with Crippen LogP contribution in [0.5, 0.6) is 0 Å². The molecule has 1 saturated heterocycles. The molecule has 1 amide bonds. The minimum Gasteiger partial charge on any atom is -0.383 e. The second-order valence-corrected chi connectivity index (χ2v) is 8.13. The van der Waals surface area contributed by atoms with Gasteiger partial charge in [-0.3, -0.25) is 4.79 Å². The molecule has 1 aliphatic heterocycles. The number of sulfone groups is 1. The maximum Gasteiger partial charge on any atom is 0.264 e. The molecule has 5 nitrogen and oxygen atoms in total. The van der Waals surface area contributed by atoms with E-state index in [0.717, 1.165) is 5.56 Å². The lowest BCUT2D eigenvalue weighted by Crippen LogP contribution is -2.43. The molecular formula is C13H19NO4S2. The van der Waals surface area contributed by atoms with Crippen LogP contribution in [0.25, 0.3) is 0 Å². The number of carbonyl (C=O) groups excluding carboxylic acids is 1. The molecule has 1 aromatic rings. The molecule has 0 bridgehead atoms. The average Bonchev–Trinajstić information content (AvgIpc) is 2.95. The second-order valence-electron chi connectivity index (χ2n) is 4.98. The number of thiophene rings is 1. The minimum absolute atomic E-state index is 0.0624. The summed E-state index contributed by atoms with van der Waals surface area (Å²) in [6.07, 6.45) is 0.516. The van der Waals surface area contributed by atoms with Crippen LogP contribution in [0.15, 0.2) is 11.4 Å². The van der Waals surface area contributed by atoms with Gasteiger partial charge in [0.15, 0.2) is 9.84 Å². The predicted molar refractivity (Wildman–Crippen MR) is 79.0 cm³/mol. The lowest BCUT2D eigenvalue weighted by Gasteiger charge is -2.27.